The lowest BCUT2D eigenvalue weighted by molar-refractivity contribution is 0.273. The molecule has 0 heterocycles. The molecule has 76 valence electrons. The second-order valence-corrected chi connectivity index (χ2v) is 5.09. The number of halogens is 1. The van der Waals surface area contributed by atoms with Crippen molar-refractivity contribution in [1.82, 2.24) is 0 Å². The quantitative estimate of drug-likeness (QED) is 0.877. The predicted octanol–water partition coefficient (Wildman–Crippen LogP) is 3.42. The molecule has 0 radical (unpaired) electrons. The molecular formula is C12H15BrO. The minimum absolute atomic E-state index is 0.223. The Bertz CT molecular complexity index is 331. The van der Waals surface area contributed by atoms with Gasteiger partial charge in [0.05, 0.1) is 0 Å². The van der Waals surface area contributed by atoms with Gasteiger partial charge in [0.1, 0.15) is 0 Å². The molecule has 1 N–H and O–H groups in total. The Morgan fingerprint density at radius 2 is 2.14 bits per heavy atom. The molecule has 1 aromatic carbocycles. The van der Waals surface area contributed by atoms with Crippen molar-refractivity contribution in [2.24, 2.45) is 0 Å². The summed E-state index contributed by atoms with van der Waals surface area (Å²) >= 11 is 3.52. The zero-order chi connectivity index (χ0) is 10.1. The van der Waals surface area contributed by atoms with Crippen LogP contribution in [0.15, 0.2) is 22.7 Å². The highest BCUT2D eigenvalue weighted by Gasteiger charge is 2.24. The van der Waals surface area contributed by atoms with Gasteiger partial charge in [0.15, 0.2) is 0 Å². The fraction of sp³-hybridized carbons (Fsp3) is 0.500. The zero-order valence-electron chi connectivity index (χ0n) is 8.33. The molecular weight excluding hydrogens is 240 g/mol. The second-order valence-electron chi connectivity index (χ2n) is 4.18. The maximum absolute atomic E-state index is 9.11. The van der Waals surface area contributed by atoms with Gasteiger partial charge in [-0.05, 0) is 42.0 Å². The summed E-state index contributed by atoms with van der Waals surface area (Å²) < 4.78 is 1.14. The molecule has 1 fully saturated rings. The third kappa shape index (κ3) is 2.18. The second kappa shape index (κ2) is 4.03. The van der Waals surface area contributed by atoms with Crippen LogP contribution >= 0.6 is 15.9 Å². The maximum atomic E-state index is 9.11. The first-order valence-corrected chi connectivity index (χ1v) is 5.91. The highest BCUT2D eigenvalue weighted by molar-refractivity contribution is 9.10. The summed E-state index contributed by atoms with van der Waals surface area (Å²) in [7, 11) is 0. The molecule has 0 bridgehead atoms. The Morgan fingerprint density at radius 1 is 1.43 bits per heavy atom. The Kier molecular flexibility index (Phi) is 2.93. The normalized spacial score (nSPS) is 18.2. The topological polar surface area (TPSA) is 20.2 Å². The summed E-state index contributed by atoms with van der Waals surface area (Å²) in [6.45, 7) is 2.28. The van der Waals surface area contributed by atoms with Gasteiger partial charge in [-0.3, -0.25) is 0 Å². The zero-order valence-corrected chi connectivity index (χ0v) is 9.92. The molecule has 2 heteroatoms. The number of hydrogen-bond donors (Lipinski definition) is 1. The van der Waals surface area contributed by atoms with Crippen LogP contribution in [0.5, 0.6) is 0 Å². The van der Waals surface area contributed by atoms with Gasteiger partial charge in [0, 0.05) is 17.0 Å². The lowest BCUT2D eigenvalue weighted by Crippen LogP contribution is -1.99. The fourth-order valence-corrected chi connectivity index (χ4v) is 2.21. The van der Waals surface area contributed by atoms with E-state index >= 15 is 0 Å². The molecule has 1 aliphatic carbocycles. The van der Waals surface area contributed by atoms with Crippen LogP contribution in [0, 0.1) is 0 Å². The van der Waals surface area contributed by atoms with E-state index in [1.165, 1.54) is 24.0 Å². The van der Waals surface area contributed by atoms with Gasteiger partial charge in [0.2, 0.25) is 0 Å². The number of aliphatic hydroxyl groups is 1. The van der Waals surface area contributed by atoms with E-state index in [4.69, 9.17) is 5.11 Å². The van der Waals surface area contributed by atoms with E-state index in [9.17, 15) is 0 Å². The van der Waals surface area contributed by atoms with Crippen LogP contribution in [-0.4, -0.2) is 11.7 Å². The Labute approximate surface area is 93.3 Å². The van der Waals surface area contributed by atoms with Gasteiger partial charge >= 0.3 is 0 Å². The Balaban J connectivity index is 2.30. The Morgan fingerprint density at radius 3 is 2.71 bits per heavy atom. The lowest BCUT2D eigenvalue weighted by atomic mass is 9.98. The summed E-state index contributed by atoms with van der Waals surface area (Å²) in [4.78, 5) is 0. The molecule has 0 spiro atoms. The molecule has 1 nitrogen and oxygen atoms in total. The van der Waals surface area contributed by atoms with Crippen molar-refractivity contribution < 1.29 is 5.11 Å². The molecule has 0 saturated heterocycles. The smallest absolute Gasteiger partial charge is 0.0497 e. The van der Waals surface area contributed by atoms with Crippen molar-refractivity contribution in [3.05, 3.63) is 33.8 Å². The van der Waals surface area contributed by atoms with E-state index in [-0.39, 0.29) is 12.5 Å². The maximum Gasteiger partial charge on any atom is 0.0497 e. The van der Waals surface area contributed by atoms with E-state index in [1.54, 1.807) is 0 Å². The average molecular weight is 255 g/mol. The average Bonchev–Trinajstić information content (AvgIpc) is 2.98. The van der Waals surface area contributed by atoms with Gasteiger partial charge in [-0.2, -0.15) is 0 Å². The van der Waals surface area contributed by atoms with Crippen LogP contribution in [0.2, 0.25) is 0 Å². The van der Waals surface area contributed by atoms with E-state index in [0.717, 1.165) is 10.4 Å². The van der Waals surface area contributed by atoms with Crippen LogP contribution in [0.3, 0.4) is 0 Å². The van der Waals surface area contributed by atoms with Crippen molar-refractivity contribution in [3.63, 3.8) is 0 Å². The summed E-state index contributed by atoms with van der Waals surface area (Å²) in [6.07, 6.45) is 2.65. The standard InChI is InChI=1S/C12H15BrO/c1-8(7-14)10-4-11(9-2-3-9)6-12(13)5-10/h4-6,8-9,14H,2-3,7H2,1H3. The predicted molar refractivity (Wildman–Crippen MR) is 61.6 cm³/mol. The van der Waals surface area contributed by atoms with Crippen LogP contribution < -0.4 is 0 Å². The first-order chi connectivity index (χ1) is 6.70. The molecule has 1 unspecified atom stereocenters. The summed E-state index contributed by atoms with van der Waals surface area (Å²) in [5.41, 5.74) is 2.67. The van der Waals surface area contributed by atoms with Crippen molar-refractivity contribution in [1.29, 1.82) is 0 Å². The molecule has 2 rings (SSSR count). The van der Waals surface area contributed by atoms with Crippen LogP contribution in [-0.2, 0) is 0 Å². The molecule has 14 heavy (non-hydrogen) atoms. The number of rotatable bonds is 3. The first kappa shape index (κ1) is 10.2. The molecule has 1 aromatic rings. The largest absolute Gasteiger partial charge is 0.396 e. The molecule has 0 amide bonds. The highest BCUT2D eigenvalue weighted by Crippen LogP contribution is 2.41. The minimum atomic E-state index is 0.223. The third-order valence-corrected chi connectivity index (χ3v) is 3.29. The van der Waals surface area contributed by atoms with Crippen molar-refractivity contribution in [2.45, 2.75) is 31.6 Å². The van der Waals surface area contributed by atoms with E-state index < -0.39 is 0 Å². The fourth-order valence-electron chi connectivity index (χ4n) is 1.68. The van der Waals surface area contributed by atoms with Crippen LogP contribution in [0.1, 0.15) is 42.7 Å². The first-order valence-electron chi connectivity index (χ1n) is 5.12. The van der Waals surface area contributed by atoms with Crippen molar-refractivity contribution >= 4 is 15.9 Å². The third-order valence-electron chi connectivity index (χ3n) is 2.83. The number of aliphatic hydroxyl groups excluding tert-OH is 1. The molecule has 1 atom stereocenters. The van der Waals surface area contributed by atoms with Crippen molar-refractivity contribution in [3.8, 4) is 0 Å². The molecule has 0 aromatic heterocycles. The lowest BCUT2D eigenvalue weighted by Gasteiger charge is -2.11. The number of hydrogen-bond acceptors (Lipinski definition) is 1. The highest BCUT2D eigenvalue weighted by atomic mass is 79.9. The van der Waals surface area contributed by atoms with Crippen LogP contribution in [0.25, 0.3) is 0 Å². The molecule has 0 aliphatic heterocycles. The SMILES string of the molecule is CC(CO)c1cc(Br)cc(C2CC2)c1. The summed E-state index contributed by atoms with van der Waals surface area (Å²) in [5, 5.41) is 9.11. The van der Waals surface area contributed by atoms with E-state index in [1.807, 2.05) is 0 Å². The van der Waals surface area contributed by atoms with Gasteiger partial charge in [-0.15, -0.1) is 0 Å². The van der Waals surface area contributed by atoms with Crippen molar-refractivity contribution in [2.75, 3.05) is 6.61 Å². The Hall–Kier alpha value is -0.340. The number of benzene rings is 1. The minimum Gasteiger partial charge on any atom is -0.396 e. The van der Waals surface area contributed by atoms with E-state index in [2.05, 4.69) is 41.1 Å². The van der Waals surface area contributed by atoms with E-state index in [0.29, 0.717) is 0 Å². The summed E-state index contributed by atoms with van der Waals surface area (Å²) in [5.74, 6) is 1.02. The van der Waals surface area contributed by atoms with Gasteiger partial charge in [-0.25, -0.2) is 0 Å². The van der Waals surface area contributed by atoms with Gasteiger partial charge in [-0.1, -0.05) is 28.9 Å². The van der Waals surface area contributed by atoms with Gasteiger partial charge in [0.25, 0.3) is 0 Å². The summed E-state index contributed by atoms with van der Waals surface area (Å²) in [6, 6.07) is 6.54. The molecule has 1 aliphatic rings. The van der Waals surface area contributed by atoms with Gasteiger partial charge < -0.3 is 5.11 Å². The monoisotopic (exact) mass is 254 g/mol. The molecule has 1 saturated carbocycles. The van der Waals surface area contributed by atoms with Crippen LogP contribution in [0.4, 0.5) is 0 Å².